The molecule has 5 heteroatoms. The van der Waals surface area contributed by atoms with Gasteiger partial charge in [-0.15, -0.1) is 0 Å². The van der Waals surface area contributed by atoms with Crippen LogP contribution in [0, 0.1) is 0 Å². The van der Waals surface area contributed by atoms with Crippen LogP contribution in [0.3, 0.4) is 0 Å². The standard InChI is InChI=1S/C13H31NO3Si/c1-6-14(7-2)12-15-10-11-18-13(5,16-8-3)17-9-4/h6-12,18H2,1-5H3. The summed E-state index contributed by atoms with van der Waals surface area (Å²) < 4.78 is 17.1. The van der Waals surface area contributed by atoms with Crippen LogP contribution in [0.4, 0.5) is 0 Å². The van der Waals surface area contributed by atoms with Gasteiger partial charge in [-0.2, -0.15) is 0 Å². The van der Waals surface area contributed by atoms with Gasteiger partial charge in [-0.05, 0) is 39.9 Å². The Kier molecular flexibility index (Phi) is 11.0. The van der Waals surface area contributed by atoms with E-state index in [0.29, 0.717) is 13.2 Å². The molecular formula is C13H31NO3Si. The minimum absolute atomic E-state index is 0.317. The summed E-state index contributed by atoms with van der Waals surface area (Å²) >= 11 is 0. The monoisotopic (exact) mass is 277 g/mol. The molecule has 4 nitrogen and oxygen atoms in total. The first kappa shape index (κ1) is 18.1. The molecule has 0 rings (SSSR count). The van der Waals surface area contributed by atoms with E-state index in [2.05, 4.69) is 25.7 Å². The molecular weight excluding hydrogens is 246 g/mol. The van der Waals surface area contributed by atoms with E-state index in [1.54, 1.807) is 0 Å². The third kappa shape index (κ3) is 8.21. The van der Waals surface area contributed by atoms with Gasteiger partial charge in [0.1, 0.15) is 5.41 Å². The Hall–Kier alpha value is 0.0569. The van der Waals surface area contributed by atoms with Gasteiger partial charge < -0.3 is 14.2 Å². The Balaban J connectivity index is 3.72. The average Bonchev–Trinajstić information content (AvgIpc) is 2.34. The first-order valence-electron chi connectivity index (χ1n) is 7.19. The predicted molar refractivity (Wildman–Crippen MR) is 78.7 cm³/mol. The Morgan fingerprint density at radius 2 is 1.56 bits per heavy atom. The Bertz CT molecular complexity index is 183. The minimum atomic E-state index is -0.439. The first-order valence-corrected chi connectivity index (χ1v) is 8.90. The third-order valence-corrected chi connectivity index (χ3v) is 4.95. The van der Waals surface area contributed by atoms with Crippen molar-refractivity contribution in [3.8, 4) is 0 Å². The summed E-state index contributed by atoms with van der Waals surface area (Å²) in [6.45, 7) is 15.5. The topological polar surface area (TPSA) is 30.9 Å². The highest BCUT2D eigenvalue weighted by Gasteiger charge is 2.24. The number of ether oxygens (including phenoxy) is 3. The molecule has 0 N–H and O–H groups in total. The summed E-state index contributed by atoms with van der Waals surface area (Å²) in [5, 5.41) is 0. The molecule has 0 aromatic heterocycles. The van der Waals surface area contributed by atoms with Crippen LogP contribution in [-0.2, 0) is 14.2 Å². The zero-order valence-electron chi connectivity index (χ0n) is 12.8. The average molecular weight is 277 g/mol. The fourth-order valence-corrected chi connectivity index (χ4v) is 3.58. The van der Waals surface area contributed by atoms with Crippen molar-refractivity contribution < 1.29 is 14.2 Å². The highest BCUT2D eigenvalue weighted by atomic mass is 28.2. The van der Waals surface area contributed by atoms with Gasteiger partial charge in [-0.1, -0.05) is 13.8 Å². The Morgan fingerprint density at radius 1 is 1.00 bits per heavy atom. The van der Waals surface area contributed by atoms with Crippen LogP contribution in [0.25, 0.3) is 0 Å². The third-order valence-electron chi connectivity index (χ3n) is 2.99. The molecule has 0 aromatic carbocycles. The van der Waals surface area contributed by atoms with E-state index in [1.165, 1.54) is 0 Å². The summed E-state index contributed by atoms with van der Waals surface area (Å²) in [7, 11) is -0.439. The maximum Gasteiger partial charge on any atom is 0.142 e. The first-order chi connectivity index (χ1) is 8.61. The van der Waals surface area contributed by atoms with Gasteiger partial charge in [-0.3, -0.25) is 4.90 Å². The number of hydrogen-bond donors (Lipinski definition) is 0. The van der Waals surface area contributed by atoms with E-state index in [1.807, 2.05) is 13.8 Å². The molecule has 0 aromatic rings. The number of nitrogens with zero attached hydrogens (tertiary/aromatic N) is 1. The molecule has 0 unspecified atom stereocenters. The van der Waals surface area contributed by atoms with Crippen LogP contribution in [0.2, 0.25) is 6.04 Å². The summed E-state index contributed by atoms with van der Waals surface area (Å²) in [6, 6.07) is 1.10. The molecule has 0 aliphatic heterocycles. The molecule has 0 saturated carbocycles. The van der Waals surface area contributed by atoms with Crippen LogP contribution >= 0.6 is 0 Å². The lowest BCUT2D eigenvalue weighted by atomic mass is 10.6. The van der Waals surface area contributed by atoms with Gasteiger partial charge in [0.25, 0.3) is 0 Å². The summed E-state index contributed by atoms with van der Waals surface area (Å²) in [4.78, 5) is 2.27. The molecule has 0 atom stereocenters. The SMILES string of the molecule is CCOC(C)(OCC)[SiH2]CCOCN(CC)CC. The van der Waals surface area contributed by atoms with Gasteiger partial charge in [0, 0.05) is 19.8 Å². The molecule has 0 radical (unpaired) electrons. The number of hydrogen-bond acceptors (Lipinski definition) is 4. The largest absolute Gasteiger partial charge is 0.366 e. The smallest absolute Gasteiger partial charge is 0.142 e. The Morgan fingerprint density at radius 3 is 2.00 bits per heavy atom. The molecule has 0 heterocycles. The molecule has 0 saturated heterocycles. The molecule has 0 fully saturated rings. The van der Waals surface area contributed by atoms with Gasteiger partial charge in [0.15, 0.2) is 0 Å². The lowest BCUT2D eigenvalue weighted by molar-refractivity contribution is -0.163. The van der Waals surface area contributed by atoms with Crippen LogP contribution in [-0.4, -0.2) is 59.5 Å². The molecule has 0 spiro atoms. The van der Waals surface area contributed by atoms with Crippen molar-refractivity contribution in [1.82, 2.24) is 4.90 Å². The summed E-state index contributed by atoms with van der Waals surface area (Å²) in [5.41, 5.74) is -0.317. The second kappa shape index (κ2) is 10.9. The van der Waals surface area contributed by atoms with Crippen molar-refractivity contribution in [3.63, 3.8) is 0 Å². The van der Waals surface area contributed by atoms with Crippen molar-refractivity contribution in [2.75, 3.05) is 39.6 Å². The highest BCUT2D eigenvalue weighted by molar-refractivity contribution is 6.38. The Labute approximate surface area is 115 Å². The fourth-order valence-electron chi connectivity index (χ4n) is 1.89. The van der Waals surface area contributed by atoms with E-state index >= 15 is 0 Å². The zero-order chi connectivity index (χ0) is 13.9. The minimum Gasteiger partial charge on any atom is -0.366 e. The normalized spacial score (nSPS) is 13.0. The van der Waals surface area contributed by atoms with Crippen LogP contribution in [0.15, 0.2) is 0 Å². The van der Waals surface area contributed by atoms with E-state index in [0.717, 1.165) is 32.5 Å². The van der Waals surface area contributed by atoms with Crippen molar-refractivity contribution in [1.29, 1.82) is 0 Å². The van der Waals surface area contributed by atoms with Crippen molar-refractivity contribution in [2.45, 2.75) is 46.1 Å². The van der Waals surface area contributed by atoms with E-state index in [4.69, 9.17) is 14.2 Å². The fraction of sp³-hybridized carbons (Fsp3) is 1.00. The van der Waals surface area contributed by atoms with Gasteiger partial charge in [0.05, 0.1) is 16.3 Å². The van der Waals surface area contributed by atoms with Crippen molar-refractivity contribution in [2.24, 2.45) is 0 Å². The molecule has 18 heavy (non-hydrogen) atoms. The maximum atomic E-state index is 5.71. The van der Waals surface area contributed by atoms with Gasteiger partial charge in [-0.25, -0.2) is 0 Å². The predicted octanol–water partition coefficient (Wildman–Crippen LogP) is 1.64. The maximum absolute atomic E-state index is 5.71. The van der Waals surface area contributed by atoms with Gasteiger partial charge in [0.2, 0.25) is 0 Å². The highest BCUT2D eigenvalue weighted by Crippen LogP contribution is 2.12. The van der Waals surface area contributed by atoms with E-state index in [-0.39, 0.29) is 5.41 Å². The van der Waals surface area contributed by atoms with Crippen LogP contribution < -0.4 is 0 Å². The number of rotatable bonds is 12. The van der Waals surface area contributed by atoms with Crippen molar-refractivity contribution >= 4 is 9.52 Å². The van der Waals surface area contributed by atoms with Crippen LogP contribution in [0.5, 0.6) is 0 Å². The lowest BCUT2D eigenvalue weighted by Gasteiger charge is -2.29. The van der Waals surface area contributed by atoms with Crippen LogP contribution in [0.1, 0.15) is 34.6 Å². The lowest BCUT2D eigenvalue weighted by Crippen LogP contribution is -2.39. The van der Waals surface area contributed by atoms with E-state index in [9.17, 15) is 0 Å². The second-order valence-electron chi connectivity index (χ2n) is 4.44. The molecule has 0 bridgehead atoms. The molecule has 0 aliphatic rings. The second-order valence-corrected chi connectivity index (χ2v) is 6.94. The van der Waals surface area contributed by atoms with Crippen molar-refractivity contribution in [3.05, 3.63) is 0 Å². The van der Waals surface area contributed by atoms with Gasteiger partial charge >= 0.3 is 0 Å². The quantitative estimate of drug-likeness (QED) is 0.308. The zero-order valence-corrected chi connectivity index (χ0v) is 14.2. The molecule has 0 aliphatic carbocycles. The summed E-state index contributed by atoms with van der Waals surface area (Å²) in [6.07, 6.45) is 0. The van der Waals surface area contributed by atoms with E-state index < -0.39 is 9.52 Å². The molecule has 0 amide bonds. The summed E-state index contributed by atoms with van der Waals surface area (Å²) in [5.74, 6) is 0. The molecule has 110 valence electrons.